The molecule has 2 aromatic rings. The summed E-state index contributed by atoms with van der Waals surface area (Å²) in [6.07, 6.45) is 3.62. The van der Waals surface area contributed by atoms with Crippen LogP contribution in [-0.4, -0.2) is 47.0 Å². The van der Waals surface area contributed by atoms with Gasteiger partial charge in [-0.15, -0.1) is 0 Å². The van der Waals surface area contributed by atoms with Crippen LogP contribution in [0.15, 0.2) is 42.7 Å². The van der Waals surface area contributed by atoms with Crippen LogP contribution in [0, 0.1) is 6.92 Å². The maximum atomic E-state index is 12.4. The van der Waals surface area contributed by atoms with Gasteiger partial charge in [-0.1, -0.05) is 17.7 Å². The monoisotopic (exact) mass is 344 g/mol. The smallest absolute Gasteiger partial charge is 0.321 e. The van der Waals surface area contributed by atoms with E-state index in [0.717, 1.165) is 44.0 Å². The molecule has 0 aliphatic carbocycles. The lowest BCUT2D eigenvalue weighted by atomic mass is 10.2. The highest BCUT2D eigenvalue weighted by atomic mass is 35.5. The minimum atomic E-state index is -0.0709. The highest BCUT2D eigenvalue weighted by Gasteiger charge is 2.21. The van der Waals surface area contributed by atoms with Gasteiger partial charge < -0.3 is 10.2 Å². The van der Waals surface area contributed by atoms with Gasteiger partial charge in [-0.2, -0.15) is 0 Å². The molecule has 24 heavy (non-hydrogen) atoms. The number of carbonyl (C=O) groups excluding carboxylic acids is 1. The Morgan fingerprint density at radius 3 is 2.54 bits per heavy atom. The van der Waals surface area contributed by atoms with Gasteiger partial charge in [-0.25, -0.2) is 4.79 Å². The fourth-order valence-corrected chi connectivity index (χ4v) is 2.91. The van der Waals surface area contributed by atoms with Gasteiger partial charge in [0, 0.05) is 55.8 Å². The summed E-state index contributed by atoms with van der Waals surface area (Å²) in [5.41, 5.74) is 2.98. The summed E-state index contributed by atoms with van der Waals surface area (Å²) < 4.78 is 0. The van der Waals surface area contributed by atoms with Crippen LogP contribution in [0.4, 0.5) is 10.5 Å². The van der Waals surface area contributed by atoms with Crippen molar-refractivity contribution in [3.63, 3.8) is 0 Å². The number of hydrogen-bond acceptors (Lipinski definition) is 3. The Labute approximate surface area is 147 Å². The van der Waals surface area contributed by atoms with E-state index in [1.807, 2.05) is 48.5 Å². The van der Waals surface area contributed by atoms with Crippen LogP contribution >= 0.6 is 11.6 Å². The van der Waals surface area contributed by atoms with Crippen LogP contribution in [0.3, 0.4) is 0 Å². The summed E-state index contributed by atoms with van der Waals surface area (Å²) >= 11 is 6.10. The maximum absolute atomic E-state index is 12.4. The van der Waals surface area contributed by atoms with Crippen molar-refractivity contribution in [1.29, 1.82) is 0 Å². The number of urea groups is 1. The summed E-state index contributed by atoms with van der Waals surface area (Å²) in [7, 11) is 0. The number of amides is 2. The number of nitrogens with zero attached hydrogens (tertiary/aromatic N) is 3. The molecule has 0 saturated carbocycles. The summed E-state index contributed by atoms with van der Waals surface area (Å²) in [4.78, 5) is 20.6. The molecule has 2 heterocycles. The van der Waals surface area contributed by atoms with E-state index in [1.165, 1.54) is 5.56 Å². The fourth-order valence-electron chi connectivity index (χ4n) is 2.73. The molecule has 1 aliphatic heterocycles. The lowest BCUT2D eigenvalue weighted by Gasteiger charge is -2.34. The van der Waals surface area contributed by atoms with Crippen LogP contribution in [-0.2, 0) is 6.54 Å². The molecule has 1 aliphatic rings. The van der Waals surface area contributed by atoms with Crippen molar-refractivity contribution in [2.75, 3.05) is 31.5 Å². The van der Waals surface area contributed by atoms with Gasteiger partial charge in [0.05, 0.1) is 0 Å². The van der Waals surface area contributed by atoms with Gasteiger partial charge >= 0.3 is 6.03 Å². The third-order valence-corrected chi connectivity index (χ3v) is 4.65. The van der Waals surface area contributed by atoms with Crippen LogP contribution in [0.25, 0.3) is 0 Å². The Kier molecular flexibility index (Phi) is 5.33. The average Bonchev–Trinajstić information content (AvgIpc) is 2.60. The largest absolute Gasteiger partial charge is 0.322 e. The summed E-state index contributed by atoms with van der Waals surface area (Å²) in [5, 5.41) is 3.58. The molecule has 0 bridgehead atoms. The normalized spacial score (nSPS) is 15.3. The third-order valence-electron chi connectivity index (χ3n) is 4.24. The van der Waals surface area contributed by atoms with Gasteiger partial charge in [-0.3, -0.25) is 9.88 Å². The Hall–Kier alpha value is -2.11. The topological polar surface area (TPSA) is 48.5 Å². The fraction of sp³-hybridized carbons (Fsp3) is 0.333. The minimum absolute atomic E-state index is 0.0709. The summed E-state index contributed by atoms with van der Waals surface area (Å²) in [6.45, 7) is 6.00. The van der Waals surface area contributed by atoms with Crippen LogP contribution in [0.1, 0.15) is 11.1 Å². The Morgan fingerprint density at radius 2 is 1.88 bits per heavy atom. The zero-order chi connectivity index (χ0) is 16.9. The van der Waals surface area contributed by atoms with E-state index in [9.17, 15) is 4.79 Å². The van der Waals surface area contributed by atoms with Gasteiger partial charge in [0.15, 0.2) is 0 Å². The predicted molar refractivity (Wildman–Crippen MR) is 96.3 cm³/mol. The van der Waals surface area contributed by atoms with Gasteiger partial charge in [0.1, 0.15) is 0 Å². The highest BCUT2D eigenvalue weighted by molar-refractivity contribution is 6.31. The first kappa shape index (κ1) is 16.7. The number of pyridine rings is 1. The van der Waals surface area contributed by atoms with Crippen molar-refractivity contribution in [2.24, 2.45) is 0 Å². The zero-order valence-electron chi connectivity index (χ0n) is 13.7. The van der Waals surface area contributed by atoms with E-state index in [-0.39, 0.29) is 6.03 Å². The van der Waals surface area contributed by atoms with Crippen molar-refractivity contribution in [1.82, 2.24) is 14.8 Å². The first-order valence-electron chi connectivity index (χ1n) is 8.05. The van der Waals surface area contributed by atoms with Crippen LogP contribution in [0.2, 0.25) is 5.02 Å². The Bertz CT molecular complexity index is 699. The molecule has 1 aromatic heterocycles. The maximum Gasteiger partial charge on any atom is 0.321 e. The highest BCUT2D eigenvalue weighted by Crippen LogP contribution is 2.20. The predicted octanol–water partition coefficient (Wildman–Crippen LogP) is 3.39. The Morgan fingerprint density at radius 1 is 1.17 bits per heavy atom. The number of anilines is 1. The molecular formula is C18H21ClN4O. The molecule has 0 spiro atoms. The molecule has 5 nitrogen and oxygen atoms in total. The molecule has 1 saturated heterocycles. The molecule has 6 heteroatoms. The second kappa shape index (κ2) is 7.64. The minimum Gasteiger partial charge on any atom is -0.322 e. The number of aryl methyl sites for hydroxylation is 1. The van der Waals surface area contributed by atoms with Crippen molar-refractivity contribution in [3.05, 3.63) is 58.9 Å². The number of piperazine rings is 1. The molecule has 0 atom stereocenters. The quantitative estimate of drug-likeness (QED) is 0.928. The van der Waals surface area contributed by atoms with Crippen molar-refractivity contribution >= 4 is 23.3 Å². The number of aromatic nitrogens is 1. The van der Waals surface area contributed by atoms with Crippen molar-refractivity contribution < 1.29 is 4.79 Å². The first-order valence-corrected chi connectivity index (χ1v) is 8.43. The number of carbonyl (C=O) groups is 1. The van der Waals surface area contributed by atoms with E-state index >= 15 is 0 Å². The van der Waals surface area contributed by atoms with E-state index in [1.54, 1.807) is 6.07 Å². The van der Waals surface area contributed by atoms with E-state index in [0.29, 0.717) is 5.02 Å². The molecule has 0 radical (unpaired) electrons. The molecule has 1 aromatic carbocycles. The SMILES string of the molecule is Cc1ccc(NC(=O)N2CCN(Cc3ccncc3)CC2)cc1Cl. The third kappa shape index (κ3) is 4.24. The second-order valence-electron chi connectivity index (χ2n) is 6.01. The molecule has 3 rings (SSSR count). The molecule has 0 unspecified atom stereocenters. The number of rotatable bonds is 3. The molecule has 1 fully saturated rings. The molecule has 1 N–H and O–H groups in total. The van der Waals surface area contributed by atoms with Gasteiger partial charge in [-0.05, 0) is 42.3 Å². The van der Waals surface area contributed by atoms with E-state index < -0.39 is 0 Å². The van der Waals surface area contributed by atoms with Crippen LogP contribution in [0.5, 0.6) is 0 Å². The van der Waals surface area contributed by atoms with E-state index in [2.05, 4.69) is 15.2 Å². The standard InChI is InChI=1S/C18H21ClN4O/c1-14-2-3-16(12-17(14)19)21-18(24)23-10-8-22(9-11-23)13-15-4-6-20-7-5-15/h2-7,12H,8-11,13H2,1H3,(H,21,24). The van der Waals surface area contributed by atoms with Crippen LogP contribution < -0.4 is 5.32 Å². The molecular weight excluding hydrogens is 324 g/mol. The van der Waals surface area contributed by atoms with E-state index in [4.69, 9.17) is 11.6 Å². The van der Waals surface area contributed by atoms with Crippen molar-refractivity contribution in [2.45, 2.75) is 13.5 Å². The molecule has 126 valence electrons. The zero-order valence-corrected chi connectivity index (χ0v) is 14.5. The second-order valence-corrected chi connectivity index (χ2v) is 6.42. The summed E-state index contributed by atoms with van der Waals surface area (Å²) in [6, 6.07) is 9.55. The number of halogens is 1. The Balaban J connectivity index is 1.50. The lowest BCUT2D eigenvalue weighted by molar-refractivity contribution is 0.143. The van der Waals surface area contributed by atoms with Crippen molar-refractivity contribution in [3.8, 4) is 0 Å². The molecule has 2 amide bonds. The average molecular weight is 345 g/mol. The number of nitrogens with one attached hydrogen (secondary N) is 1. The van der Waals surface area contributed by atoms with Gasteiger partial charge in [0.2, 0.25) is 0 Å². The van der Waals surface area contributed by atoms with Gasteiger partial charge in [0.25, 0.3) is 0 Å². The summed E-state index contributed by atoms with van der Waals surface area (Å²) in [5.74, 6) is 0. The first-order chi connectivity index (χ1) is 11.6. The number of benzene rings is 1. The number of hydrogen-bond donors (Lipinski definition) is 1. The lowest BCUT2D eigenvalue weighted by Crippen LogP contribution is -2.49.